The fourth-order valence-corrected chi connectivity index (χ4v) is 5.79. The Balaban J connectivity index is 1.75. The van der Waals surface area contributed by atoms with Gasteiger partial charge in [-0.1, -0.05) is 36.5 Å². The number of nitrogens with zero attached hydrogens (tertiary/aromatic N) is 3. The summed E-state index contributed by atoms with van der Waals surface area (Å²) < 4.78 is 41.2. The van der Waals surface area contributed by atoms with Crippen molar-refractivity contribution in [3.8, 4) is 0 Å². The van der Waals surface area contributed by atoms with Crippen LogP contribution in [0.4, 0.5) is 4.39 Å². The smallest absolute Gasteiger partial charge is 0.261 e. The summed E-state index contributed by atoms with van der Waals surface area (Å²) in [4.78, 5) is 19.7. The van der Waals surface area contributed by atoms with Gasteiger partial charge >= 0.3 is 0 Å². The van der Waals surface area contributed by atoms with Crippen molar-refractivity contribution in [1.82, 2.24) is 14.5 Å². The normalized spacial score (nSPS) is 15.3. The van der Waals surface area contributed by atoms with Gasteiger partial charge < -0.3 is 0 Å². The van der Waals surface area contributed by atoms with Gasteiger partial charge in [0, 0.05) is 17.1 Å². The van der Waals surface area contributed by atoms with E-state index in [1.807, 2.05) is 0 Å². The molecule has 4 rings (SSSR count). The molecule has 0 atom stereocenters. The Morgan fingerprint density at radius 2 is 1.82 bits per heavy atom. The molecule has 0 saturated carbocycles. The number of rotatable bonds is 6. The van der Waals surface area contributed by atoms with Crippen LogP contribution in [0.25, 0.3) is 10.9 Å². The quantitative estimate of drug-likeness (QED) is 0.480. The Bertz CT molecular complexity index is 1370. The van der Waals surface area contributed by atoms with Gasteiger partial charge in [-0.2, -0.15) is 0 Å². The molecule has 0 spiro atoms. The molecule has 1 aromatic heterocycles. The number of aromatic nitrogens is 2. The average Bonchev–Trinajstić information content (AvgIpc) is 2.79. The van der Waals surface area contributed by atoms with Crippen LogP contribution in [0.15, 0.2) is 40.3 Å². The first-order chi connectivity index (χ1) is 15.7. The zero-order chi connectivity index (χ0) is 23.8. The van der Waals surface area contributed by atoms with E-state index in [1.165, 1.54) is 41.6 Å². The molecule has 6 nitrogen and oxygen atoms in total. The number of fused-ring (bicyclic) bond motifs is 1. The fourth-order valence-electron chi connectivity index (χ4n) is 4.18. The van der Waals surface area contributed by atoms with Crippen molar-refractivity contribution < 1.29 is 12.8 Å². The monoisotopic (exact) mass is 511 g/mol. The van der Waals surface area contributed by atoms with Crippen LogP contribution >= 0.6 is 23.2 Å². The van der Waals surface area contributed by atoms with Crippen LogP contribution in [0, 0.1) is 5.82 Å². The zero-order valence-corrected chi connectivity index (χ0v) is 20.5. The van der Waals surface area contributed by atoms with Gasteiger partial charge in [0.2, 0.25) is 0 Å². The van der Waals surface area contributed by atoms with Gasteiger partial charge in [0.15, 0.2) is 9.84 Å². The van der Waals surface area contributed by atoms with E-state index in [2.05, 4.69) is 9.88 Å². The molecular weight excluding hydrogens is 488 g/mol. The molecule has 1 aliphatic rings. The summed E-state index contributed by atoms with van der Waals surface area (Å²) in [6, 6.07) is 5.61. The number of hydrogen-bond acceptors (Lipinski definition) is 5. The second kappa shape index (κ2) is 9.70. The first kappa shape index (κ1) is 24.1. The molecule has 176 valence electrons. The molecular formula is C23H24Cl2FN3O3S. The van der Waals surface area contributed by atoms with E-state index in [1.54, 1.807) is 6.92 Å². The third-order valence-electron chi connectivity index (χ3n) is 6.01. The van der Waals surface area contributed by atoms with Crippen LogP contribution in [0.5, 0.6) is 0 Å². The number of benzene rings is 2. The van der Waals surface area contributed by atoms with Crippen molar-refractivity contribution in [2.45, 2.75) is 44.2 Å². The molecule has 3 aromatic rings. The maximum atomic E-state index is 15.0. The van der Waals surface area contributed by atoms with Gasteiger partial charge in [0.25, 0.3) is 5.56 Å². The van der Waals surface area contributed by atoms with Crippen LogP contribution in [0.3, 0.4) is 0 Å². The van der Waals surface area contributed by atoms with Crippen molar-refractivity contribution in [2.75, 3.05) is 18.8 Å². The lowest BCUT2D eigenvalue weighted by molar-refractivity contribution is 0.218. The summed E-state index contributed by atoms with van der Waals surface area (Å²) in [6.07, 6.45) is 4.60. The zero-order valence-electron chi connectivity index (χ0n) is 18.2. The topological polar surface area (TPSA) is 72.3 Å². The molecule has 0 aliphatic carbocycles. The van der Waals surface area contributed by atoms with Gasteiger partial charge in [0.1, 0.15) is 5.82 Å². The lowest BCUT2D eigenvalue weighted by atomic mass is 10.1. The summed E-state index contributed by atoms with van der Waals surface area (Å²) in [5, 5.41) is 0.527. The number of piperidine rings is 1. The Labute approximate surface area is 201 Å². The largest absolute Gasteiger partial charge is 0.299 e. The molecule has 1 saturated heterocycles. The molecule has 0 radical (unpaired) electrons. The van der Waals surface area contributed by atoms with Crippen molar-refractivity contribution in [3.63, 3.8) is 0 Å². The van der Waals surface area contributed by atoms with E-state index in [0.717, 1.165) is 25.9 Å². The summed E-state index contributed by atoms with van der Waals surface area (Å²) >= 11 is 12.6. The molecule has 2 aromatic carbocycles. The van der Waals surface area contributed by atoms with Gasteiger partial charge in [-0.05, 0) is 55.8 Å². The molecule has 0 bridgehead atoms. The average molecular weight is 512 g/mol. The summed E-state index contributed by atoms with van der Waals surface area (Å²) in [5.74, 6) is -0.639. The summed E-state index contributed by atoms with van der Waals surface area (Å²) in [6.45, 7) is 3.60. The molecule has 0 N–H and O–H groups in total. The van der Waals surface area contributed by atoms with E-state index >= 15 is 4.39 Å². The second-order valence-corrected chi connectivity index (χ2v) is 11.3. The minimum absolute atomic E-state index is 0.0457. The summed E-state index contributed by atoms with van der Waals surface area (Å²) in [7, 11) is -3.53. The van der Waals surface area contributed by atoms with E-state index in [9.17, 15) is 13.2 Å². The van der Waals surface area contributed by atoms with Gasteiger partial charge in [-0.15, -0.1) is 0 Å². The maximum Gasteiger partial charge on any atom is 0.261 e. The lowest BCUT2D eigenvalue weighted by Crippen LogP contribution is -2.30. The van der Waals surface area contributed by atoms with Crippen molar-refractivity contribution in [2.24, 2.45) is 0 Å². The highest BCUT2D eigenvalue weighted by molar-refractivity contribution is 7.91. The standard InChI is InChI=1S/C23H24Cl2FN3O3S/c1-2-33(31,32)20-7-6-16(24)10-15(20)12-29-14-27-22-17(23(29)30)11-19(26)18(21(22)25)13-28-8-4-3-5-9-28/h6-7,10-11,14H,2-5,8-9,12-13H2,1H3. The van der Waals surface area contributed by atoms with Gasteiger partial charge in [-0.3, -0.25) is 14.3 Å². The Hall–Kier alpha value is -2.00. The first-order valence-electron chi connectivity index (χ1n) is 10.8. The van der Waals surface area contributed by atoms with Crippen LogP contribution in [-0.2, 0) is 22.9 Å². The highest BCUT2D eigenvalue weighted by Gasteiger charge is 2.21. The van der Waals surface area contributed by atoms with E-state index < -0.39 is 21.2 Å². The second-order valence-electron chi connectivity index (χ2n) is 8.22. The third-order valence-corrected chi connectivity index (χ3v) is 8.48. The Morgan fingerprint density at radius 3 is 2.52 bits per heavy atom. The number of hydrogen-bond donors (Lipinski definition) is 0. The van der Waals surface area contributed by atoms with E-state index in [4.69, 9.17) is 23.2 Å². The van der Waals surface area contributed by atoms with Crippen molar-refractivity contribution >= 4 is 43.9 Å². The van der Waals surface area contributed by atoms with Gasteiger partial charge in [-0.25, -0.2) is 17.8 Å². The highest BCUT2D eigenvalue weighted by atomic mass is 35.5. The molecule has 2 heterocycles. The van der Waals surface area contributed by atoms with E-state index in [0.29, 0.717) is 22.7 Å². The van der Waals surface area contributed by atoms with Crippen molar-refractivity contribution in [3.05, 3.63) is 67.9 Å². The first-order valence-corrected chi connectivity index (χ1v) is 13.2. The highest BCUT2D eigenvalue weighted by Crippen LogP contribution is 2.29. The minimum Gasteiger partial charge on any atom is -0.299 e. The lowest BCUT2D eigenvalue weighted by Gasteiger charge is -2.27. The predicted molar refractivity (Wildman–Crippen MR) is 128 cm³/mol. The summed E-state index contributed by atoms with van der Waals surface area (Å²) in [5.41, 5.74) is 0.423. The van der Waals surface area contributed by atoms with Crippen molar-refractivity contribution in [1.29, 1.82) is 0 Å². The fraction of sp³-hybridized carbons (Fsp3) is 0.391. The molecule has 0 unspecified atom stereocenters. The molecule has 1 fully saturated rings. The SMILES string of the molecule is CCS(=O)(=O)c1ccc(Cl)cc1Cn1cnc2c(Cl)c(CN3CCCCC3)c(F)cc2c1=O. The van der Waals surface area contributed by atoms with Crippen LogP contribution in [0.2, 0.25) is 10.0 Å². The minimum atomic E-state index is -3.53. The Morgan fingerprint density at radius 1 is 1.09 bits per heavy atom. The number of sulfone groups is 1. The van der Waals surface area contributed by atoms with E-state index in [-0.39, 0.29) is 33.1 Å². The molecule has 10 heteroatoms. The number of likely N-dealkylation sites (tertiary alicyclic amines) is 1. The Kier molecular flexibility index (Phi) is 7.09. The molecule has 0 amide bonds. The maximum absolute atomic E-state index is 15.0. The third kappa shape index (κ3) is 4.94. The van der Waals surface area contributed by atoms with Gasteiger partial charge in [0.05, 0.1) is 39.4 Å². The van der Waals surface area contributed by atoms with Crippen LogP contribution in [0.1, 0.15) is 37.3 Å². The molecule has 1 aliphatic heterocycles. The predicted octanol–water partition coefficient (Wildman–Crippen LogP) is 4.67. The number of halogens is 3. The molecule has 33 heavy (non-hydrogen) atoms. The van der Waals surface area contributed by atoms with Crippen LogP contribution < -0.4 is 5.56 Å². The van der Waals surface area contributed by atoms with Crippen LogP contribution in [-0.4, -0.2) is 41.7 Å².